The van der Waals surface area contributed by atoms with Gasteiger partial charge in [0.1, 0.15) is 0 Å². The Morgan fingerprint density at radius 1 is 1.44 bits per heavy atom. The van der Waals surface area contributed by atoms with Crippen LogP contribution >= 0.6 is 0 Å². The molecule has 0 saturated heterocycles. The average Bonchev–Trinajstić information content (AvgIpc) is 2.37. The highest BCUT2D eigenvalue weighted by Gasteiger charge is 2.02. The number of hydrogen-bond acceptors (Lipinski definition) is 2. The van der Waals surface area contributed by atoms with Crippen molar-refractivity contribution in [3.8, 4) is 11.8 Å². The molecule has 2 amide bonds. The highest BCUT2D eigenvalue weighted by Crippen LogP contribution is 2.14. The van der Waals surface area contributed by atoms with Gasteiger partial charge in [0.05, 0.1) is 6.54 Å². The average molecular weight is 245 g/mol. The molecule has 0 aliphatic heterocycles. The van der Waals surface area contributed by atoms with Crippen LogP contribution in [0.5, 0.6) is 0 Å². The maximum absolute atomic E-state index is 11.5. The van der Waals surface area contributed by atoms with Crippen molar-refractivity contribution in [2.45, 2.75) is 20.3 Å². The molecule has 0 bridgehead atoms. The molecular weight excluding hydrogens is 226 g/mol. The van der Waals surface area contributed by atoms with Gasteiger partial charge in [-0.2, -0.15) is 0 Å². The first-order valence-electron chi connectivity index (χ1n) is 6.01. The molecule has 0 aliphatic carbocycles. The fraction of sp³-hybridized carbons (Fsp3) is 0.357. The molecule has 0 aromatic heterocycles. The van der Waals surface area contributed by atoms with E-state index < -0.39 is 0 Å². The van der Waals surface area contributed by atoms with Gasteiger partial charge in [-0.1, -0.05) is 24.8 Å². The van der Waals surface area contributed by atoms with E-state index >= 15 is 0 Å². The van der Waals surface area contributed by atoms with Crippen molar-refractivity contribution in [1.29, 1.82) is 0 Å². The molecule has 4 heteroatoms. The van der Waals surface area contributed by atoms with E-state index in [0.717, 1.165) is 23.2 Å². The van der Waals surface area contributed by atoms with Crippen LogP contribution in [0.4, 0.5) is 10.5 Å². The Balaban J connectivity index is 2.75. The van der Waals surface area contributed by atoms with Crippen LogP contribution in [-0.2, 0) is 0 Å². The van der Waals surface area contributed by atoms with Gasteiger partial charge in [-0.15, -0.1) is 0 Å². The van der Waals surface area contributed by atoms with Crippen LogP contribution in [0.25, 0.3) is 0 Å². The van der Waals surface area contributed by atoms with Gasteiger partial charge in [-0.25, -0.2) is 4.79 Å². The zero-order valence-electron chi connectivity index (χ0n) is 10.8. The first-order chi connectivity index (χ1) is 8.67. The number of amides is 2. The standard InChI is InChI=1S/C14H19N3O/c1-3-9-16-14(18)17-13-7-6-11(2)12(10-13)5-4-8-15/h6-7,10H,3,8-9,15H2,1-2H3,(H2,16,17,18). The fourth-order valence-electron chi connectivity index (χ4n) is 1.39. The Labute approximate surface area is 108 Å². The third-order valence-electron chi connectivity index (χ3n) is 2.36. The Kier molecular flexibility index (Phi) is 5.75. The summed E-state index contributed by atoms with van der Waals surface area (Å²) in [7, 11) is 0. The zero-order valence-corrected chi connectivity index (χ0v) is 10.8. The van der Waals surface area contributed by atoms with Crippen LogP contribution in [0.2, 0.25) is 0 Å². The zero-order chi connectivity index (χ0) is 13.4. The normalized spacial score (nSPS) is 9.28. The van der Waals surface area contributed by atoms with Gasteiger partial charge in [0.15, 0.2) is 0 Å². The molecule has 0 saturated carbocycles. The number of hydrogen-bond donors (Lipinski definition) is 3. The second-order valence-corrected chi connectivity index (χ2v) is 3.92. The lowest BCUT2D eigenvalue weighted by Crippen LogP contribution is -2.29. The predicted octanol–water partition coefficient (Wildman–Crippen LogP) is 1.84. The molecule has 96 valence electrons. The minimum Gasteiger partial charge on any atom is -0.338 e. The fourth-order valence-corrected chi connectivity index (χ4v) is 1.39. The first kappa shape index (κ1) is 14.1. The molecule has 1 aromatic carbocycles. The number of aryl methyl sites for hydroxylation is 1. The smallest absolute Gasteiger partial charge is 0.319 e. The summed E-state index contributed by atoms with van der Waals surface area (Å²) in [6.07, 6.45) is 0.911. The summed E-state index contributed by atoms with van der Waals surface area (Å²) < 4.78 is 0. The quantitative estimate of drug-likeness (QED) is 0.711. The van der Waals surface area contributed by atoms with Crippen molar-refractivity contribution in [2.75, 3.05) is 18.4 Å². The van der Waals surface area contributed by atoms with Crippen LogP contribution in [-0.4, -0.2) is 19.1 Å². The third kappa shape index (κ3) is 4.48. The Morgan fingerprint density at radius 2 is 2.22 bits per heavy atom. The molecule has 0 fully saturated rings. The largest absolute Gasteiger partial charge is 0.338 e. The number of anilines is 1. The third-order valence-corrected chi connectivity index (χ3v) is 2.36. The summed E-state index contributed by atoms with van der Waals surface area (Å²) in [4.78, 5) is 11.5. The van der Waals surface area contributed by atoms with Crippen LogP contribution in [0.1, 0.15) is 24.5 Å². The van der Waals surface area contributed by atoms with Gasteiger partial charge in [-0.3, -0.25) is 0 Å². The molecule has 0 spiro atoms. The first-order valence-corrected chi connectivity index (χ1v) is 6.01. The van der Waals surface area contributed by atoms with Crippen molar-refractivity contribution in [3.05, 3.63) is 29.3 Å². The molecular formula is C14H19N3O. The van der Waals surface area contributed by atoms with Gasteiger partial charge < -0.3 is 16.4 Å². The maximum Gasteiger partial charge on any atom is 0.319 e. The van der Waals surface area contributed by atoms with Crippen molar-refractivity contribution in [2.24, 2.45) is 5.73 Å². The minimum atomic E-state index is -0.196. The maximum atomic E-state index is 11.5. The van der Waals surface area contributed by atoms with E-state index in [4.69, 9.17) is 5.73 Å². The van der Waals surface area contributed by atoms with E-state index in [1.807, 2.05) is 32.0 Å². The number of benzene rings is 1. The predicted molar refractivity (Wildman–Crippen MR) is 74.4 cm³/mol. The second kappa shape index (κ2) is 7.36. The molecule has 0 atom stereocenters. The summed E-state index contributed by atoms with van der Waals surface area (Å²) in [6.45, 7) is 4.97. The lowest BCUT2D eigenvalue weighted by molar-refractivity contribution is 0.252. The molecule has 0 radical (unpaired) electrons. The molecule has 1 aromatic rings. The van der Waals surface area contributed by atoms with E-state index in [9.17, 15) is 4.79 Å². The summed E-state index contributed by atoms with van der Waals surface area (Å²) in [5.74, 6) is 5.79. The van der Waals surface area contributed by atoms with Gasteiger partial charge in [0, 0.05) is 17.8 Å². The molecule has 4 N–H and O–H groups in total. The van der Waals surface area contributed by atoms with Gasteiger partial charge in [0.25, 0.3) is 0 Å². The van der Waals surface area contributed by atoms with E-state index in [-0.39, 0.29) is 6.03 Å². The molecule has 4 nitrogen and oxygen atoms in total. The highest BCUT2D eigenvalue weighted by atomic mass is 16.2. The topological polar surface area (TPSA) is 67.2 Å². The van der Waals surface area contributed by atoms with E-state index in [0.29, 0.717) is 13.1 Å². The number of nitrogens with one attached hydrogen (secondary N) is 2. The molecule has 1 rings (SSSR count). The van der Waals surface area contributed by atoms with Crippen LogP contribution in [0, 0.1) is 18.8 Å². The minimum absolute atomic E-state index is 0.196. The number of rotatable bonds is 3. The van der Waals surface area contributed by atoms with Crippen molar-refractivity contribution in [3.63, 3.8) is 0 Å². The molecule has 0 aliphatic rings. The summed E-state index contributed by atoms with van der Waals surface area (Å²) >= 11 is 0. The van der Waals surface area contributed by atoms with E-state index in [1.165, 1.54) is 0 Å². The summed E-state index contributed by atoms with van der Waals surface area (Å²) in [6, 6.07) is 5.44. The van der Waals surface area contributed by atoms with Crippen LogP contribution in [0.3, 0.4) is 0 Å². The number of urea groups is 1. The van der Waals surface area contributed by atoms with Gasteiger partial charge >= 0.3 is 6.03 Å². The number of carbonyl (C=O) groups excluding carboxylic acids is 1. The monoisotopic (exact) mass is 245 g/mol. The van der Waals surface area contributed by atoms with E-state index in [2.05, 4.69) is 22.5 Å². The Hall–Kier alpha value is -1.99. The van der Waals surface area contributed by atoms with Crippen molar-refractivity contribution >= 4 is 11.7 Å². The molecule has 18 heavy (non-hydrogen) atoms. The van der Waals surface area contributed by atoms with Gasteiger partial charge in [0.2, 0.25) is 0 Å². The van der Waals surface area contributed by atoms with Crippen molar-refractivity contribution in [1.82, 2.24) is 5.32 Å². The number of carbonyl (C=O) groups is 1. The lowest BCUT2D eigenvalue weighted by Gasteiger charge is -2.08. The summed E-state index contributed by atoms with van der Waals surface area (Å²) in [5, 5.41) is 5.52. The molecule has 0 unspecified atom stereocenters. The molecule has 0 heterocycles. The highest BCUT2D eigenvalue weighted by molar-refractivity contribution is 5.89. The van der Waals surface area contributed by atoms with Crippen molar-refractivity contribution < 1.29 is 4.79 Å². The second-order valence-electron chi connectivity index (χ2n) is 3.92. The van der Waals surface area contributed by atoms with E-state index in [1.54, 1.807) is 0 Å². The lowest BCUT2D eigenvalue weighted by atomic mass is 10.1. The van der Waals surface area contributed by atoms with Crippen LogP contribution < -0.4 is 16.4 Å². The SMILES string of the molecule is CCCNC(=O)Nc1ccc(C)c(C#CCN)c1. The number of nitrogens with two attached hydrogens (primary N) is 1. The summed E-state index contributed by atoms with van der Waals surface area (Å²) in [5.41, 5.74) is 8.03. The Bertz CT molecular complexity index is 472. The van der Waals surface area contributed by atoms with Gasteiger partial charge in [-0.05, 0) is 31.0 Å². The van der Waals surface area contributed by atoms with Crippen LogP contribution in [0.15, 0.2) is 18.2 Å². The Morgan fingerprint density at radius 3 is 2.89 bits per heavy atom.